The third kappa shape index (κ3) is 5.18. The highest BCUT2D eigenvalue weighted by Crippen LogP contribution is 2.18. The lowest BCUT2D eigenvalue weighted by Crippen LogP contribution is -2.36. The molecule has 0 fully saturated rings. The van der Waals surface area contributed by atoms with E-state index in [9.17, 15) is 9.59 Å². The van der Waals surface area contributed by atoms with E-state index in [1.54, 1.807) is 32.2 Å². The highest BCUT2D eigenvalue weighted by Gasteiger charge is 2.16. The van der Waals surface area contributed by atoms with Crippen LogP contribution < -0.4 is 20.3 Å². The molecule has 7 nitrogen and oxygen atoms in total. The quantitative estimate of drug-likeness (QED) is 0.625. The van der Waals surface area contributed by atoms with Gasteiger partial charge in [-0.2, -0.15) is 4.68 Å². The predicted molar refractivity (Wildman–Crippen MR) is 115 cm³/mol. The summed E-state index contributed by atoms with van der Waals surface area (Å²) in [7, 11) is 1.59. The molecule has 156 valence electrons. The Kier molecular flexibility index (Phi) is 6.74. The van der Waals surface area contributed by atoms with E-state index in [0.29, 0.717) is 23.0 Å². The second kappa shape index (κ2) is 9.45. The van der Waals surface area contributed by atoms with Crippen molar-refractivity contribution in [2.75, 3.05) is 7.11 Å². The molecule has 0 radical (unpaired) electrons. The molecule has 1 heterocycles. The molecule has 8 heteroatoms. The minimum Gasteiger partial charge on any atom is -0.497 e. The number of methoxy groups -OCH3 is 1. The Morgan fingerprint density at radius 3 is 2.77 bits per heavy atom. The number of halogens is 1. The average molecular weight is 428 g/mol. The van der Waals surface area contributed by atoms with Gasteiger partial charge >= 0.3 is 0 Å². The number of benzene rings is 2. The molecule has 0 spiro atoms. The van der Waals surface area contributed by atoms with Gasteiger partial charge in [-0.1, -0.05) is 29.8 Å². The van der Waals surface area contributed by atoms with Crippen molar-refractivity contribution in [2.45, 2.75) is 26.5 Å². The number of aryl methyl sites for hydroxylation is 1. The third-order valence-electron chi connectivity index (χ3n) is 4.44. The molecular formula is C22H22ClN3O4. The molecule has 1 aromatic heterocycles. The first-order valence-electron chi connectivity index (χ1n) is 9.31. The van der Waals surface area contributed by atoms with E-state index in [2.05, 4.69) is 10.4 Å². The number of hydrogen-bond acceptors (Lipinski definition) is 5. The van der Waals surface area contributed by atoms with Gasteiger partial charge in [0.05, 0.1) is 12.8 Å². The first kappa shape index (κ1) is 21.4. The van der Waals surface area contributed by atoms with Crippen molar-refractivity contribution in [1.29, 1.82) is 0 Å². The van der Waals surface area contributed by atoms with Crippen molar-refractivity contribution >= 4 is 17.5 Å². The molecule has 1 atom stereocenters. The van der Waals surface area contributed by atoms with Crippen LogP contribution in [0.4, 0.5) is 0 Å². The molecule has 0 saturated carbocycles. The largest absolute Gasteiger partial charge is 0.497 e. The van der Waals surface area contributed by atoms with Crippen molar-refractivity contribution < 1.29 is 14.3 Å². The van der Waals surface area contributed by atoms with Gasteiger partial charge in [0.15, 0.2) is 6.10 Å². The lowest BCUT2D eigenvalue weighted by atomic mass is 10.2. The van der Waals surface area contributed by atoms with Gasteiger partial charge < -0.3 is 14.8 Å². The fourth-order valence-corrected chi connectivity index (χ4v) is 2.96. The number of rotatable bonds is 7. The fourth-order valence-electron chi connectivity index (χ4n) is 2.79. The Hall–Kier alpha value is -3.32. The molecule has 3 aromatic rings. The molecule has 0 unspecified atom stereocenters. The van der Waals surface area contributed by atoms with Gasteiger partial charge in [0, 0.05) is 23.7 Å². The van der Waals surface area contributed by atoms with Crippen LogP contribution in [0.15, 0.2) is 59.4 Å². The van der Waals surface area contributed by atoms with Gasteiger partial charge in [-0.15, -0.1) is 5.10 Å². The number of nitrogens with one attached hydrogen (secondary N) is 1. The highest BCUT2D eigenvalue weighted by molar-refractivity contribution is 6.30. The van der Waals surface area contributed by atoms with Crippen molar-refractivity contribution in [3.63, 3.8) is 0 Å². The van der Waals surface area contributed by atoms with E-state index in [4.69, 9.17) is 21.1 Å². The van der Waals surface area contributed by atoms with Gasteiger partial charge in [-0.05, 0) is 49.2 Å². The molecule has 0 aliphatic heterocycles. The van der Waals surface area contributed by atoms with E-state index in [-0.39, 0.29) is 17.3 Å². The Balaban J connectivity index is 1.70. The van der Waals surface area contributed by atoms with Crippen LogP contribution >= 0.6 is 11.6 Å². The molecule has 0 aliphatic carbocycles. The number of nitrogens with zero attached hydrogens (tertiary/aromatic N) is 2. The zero-order chi connectivity index (χ0) is 21.7. The van der Waals surface area contributed by atoms with E-state index in [0.717, 1.165) is 11.1 Å². The minimum absolute atomic E-state index is 0.151. The van der Waals surface area contributed by atoms with Crippen LogP contribution in [0, 0.1) is 6.92 Å². The van der Waals surface area contributed by atoms with Crippen molar-refractivity contribution in [3.8, 4) is 17.3 Å². The highest BCUT2D eigenvalue weighted by atomic mass is 35.5. The van der Waals surface area contributed by atoms with Gasteiger partial charge in [-0.3, -0.25) is 9.59 Å². The zero-order valence-corrected chi connectivity index (χ0v) is 17.6. The lowest BCUT2D eigenvalue weighted by Gasteiger charge is -2.15. The number of hydrogen-bond donors (Lipinski definition) is 1. The summed E-state index contributed by atoms with van der Waals surface area (Å²) in [6, 6.07) is 15.4. The summed E-state index contributed by atoms with van der Waals surface area (Å²) in [4.78, 5) is 24.7. The maximum atomic E-state index is 12.4. The maximum Gasteiger partial charge on any atom is 0.271 e. The summed E-state index contributed by atoms with van der Waals surface area (Å²) >= 11 is 6.05. The van der Waals surface area contributed by atoms with Gasteiger partial charge in [0.1, 0.15) is 5.75 Å². The summed E-state index contributed by atoms with van der Waals surface area (Å²) in [5.41, 5.74) is 1.95. The molecule has 2 aromatic carbocycles. The average Bonchev–Trinajstić information content (AvgIpc) is 2.75. The maximum absolute atomic E-state index is 12.4. The number of carbonyl (C=O) groups excluding carboxylic acids is 1. The van der Waals surface area contributed by atoms with Crippen LogP contribution in [0.5, 0.6) is 11.6 Å². The van der Waals surface area contributed by atoms with E-state index in [1.807, 2.05) is 31.2 Å². The summed E-state index contributed by atoms with van der Waals surface area (Å²) < 4.78 is 12.0. The van der Waals surface area contributed by atoms with Gasteiger partial charge in [0.25, 0.3) is 11.5 Å². The van der Waals surface area contributed by atoms with E-state index in [1.165, 1.54) is 16.8 Å². The van der Waals surface area contributed by atoms with Crippen molar-refractivity contribution in [2.24, 2.45) is 0 Å². The van der Waals surface area contributed by atoms with E-state index < -0.39 is 6.10 Å². The number of ether oxygens (including phenoxy) is 2. The first-order valence-corrected chi connectivity index (χ1v) is 9.69. The van der Waals surface area contributed by atoms with Gasteiger partial charge in [-0.25, -0.2) is 0 Å². The Bertz CT molecular complexity index is 1110. The SMILES string of the molecule is COc1cccc(CNC(=O)[C@H](C)Oc2ccc(=O)n(-c3cc(Cl)ccc3C)n2)c1. The number of aromatic nitrogens is 2. The summed E-state index contributed by atoms with van der Waals surface area (Å²) in [5.74, 6) is 0.558. The van der Waals surface area contributed by atoms with E-state index >= 15 is 0 Å². The standard InChI is InChI=1S/C22H22ClN3O4/c1-14-7-8-17(23)12-19(14)26-21(27)10-9-20(25-26)30-15(2)22(28)24-13-16-5-4-6-18(11-16)29-3/h4-12,15H,13H2,1-3H3,(H,24,28)/t15-/m0/s1. The smallest absolute Gasteiger partial charge is 0.271 e. The molecule has 3 rings (SSSR count). The molecule has 30 heavy (non-hydrogen) atoms. The minimum atomic E-state index is -0.811. The van der Waals surface area contributed by atoms with Crippen molar-refractivity contribution in [3.05, 3.63) is 81.1 Å². The monoisotopic (exact) mass is 427 g/mol. The summed E-state index contributed by atoms with van der Waals surface area (Å²) in [6.07, 6.45) is -0.811. The van der Waals surface area contributed by atoms with Crippen LogP contribution in [-0.4, -0.2) is 28.9 Å². The Morgan fingerprint density at radius 1 is 1.20 bits per heavy atom. The van der Waals surface area contributed by atoms with Crippen LogP contribution in [-0.2, 0) is 11.3 Å². The second-order valence-electron chi connectivity index (χ2n) is 6.68. The first-order chi connectivity index (χ1) is 14.4. The van der Waals surface area contributed by atoms with Crippen LogP contribution in [0.1, 0.15) is 18.1 Å². The van der Waals surface area contributed by atoms with Gasteiger partial charge in [0.2, 0.25) is 5.88 Å². The molecule has 0 saturated heterocycles. The van der Waals surface area contributed by atoms with Crippen LogP contribution in [0.3, 0.4) is 0 Å². The molecule has 1 amide bonds. The summed E-state index contributed by atoms with van der Waals surface area (Å²) in [6.45, 7) is 3.79. The third-order valence-corrected chi connectivity index (χ3v) is 4.68. The molecular weight excluding hydrogens is 406 g/mol. The topological polar surface area (TPSA) is 82.5 Å². The molecule has 0 aliphatic rings. The number of amides is 1. The Labute approximate surface area is 179 Å². The number of carbonyl (C=O) groups is 1. The fraction of sp³-hybridized carbons (Fsp3) is 0.227. The van der Waals surface area contributed by atoms with Crippen LogP contribution in [0.2, 0.25) is 5.02 Å². The predicted octanol–water partition coefficient (Wildman–Crippen LogP) is 3.29. The van der Waals surface area contributed by atoms with Crippen LogP contribution in [0.25, 0.3) is 5.69 Å². The molecule has 0 bridgehead atoms. The zero-order valence-electron chi connectivity index (χ0n) is 16.9. The lowest BCUT2D eigenvalue weighted by molar-refractivity contribution is -0.127. The summed E-state index contributed by atoms with van der Waals surface area (Å²) in [5, 5.41) is 7.53. The molecule has 1 N–H and O–H groups in total. The Morgan fingerprint density at radius 2 is 2.00 bits per heavy atom. The van der Waals surface area contributed by atoms with Crippen molar-refractivity contribution in [1.82, 2.24) is 15.1 Å². The second-order valence-corrected chi connectivity index (χ2v) is 7.12. The normalized spacial score (nSPS) is 11.6.